The van der Waals surface area contributed by atoms with E-state index in [1.54, 1.807) is 11.3 Å². The summed E-state index contributed by atoms with van der Waals surface area (Å²) in [6.07, 6.45) is 0. The second-order valence-corrected chi connectivity index (χ2v) is 6.16. The number of nitrogens with zero attached hydrogens (tertiary/aromatic N) is 1. The molecule has 0 aromatic carbocycles. The van der Waals surface area contributed by atoms with Crippen molar-refractivity contribution in [3.05, 3.63) is 22.4 Å². The SMILES string of the molecule is CC[N+]1(Cc2cccs2)CC(Cl)OCC1Cl. The lowest BCUT2D eigenvalue weighted by molar-refractivity contribution is -0.958. The second kappa shape index (κ2) is 5.23. The first-order valence-electron chi connectivity index (χ1n) is 5.44. The van der Waals surface area contributed by atoms with E-state index in [0.29, 0.717) is 6.61 Å². The molecular weight excluding hydrogens is 265 g/mol. The molecule has 0 radical (unpaired) electrons. The predicted octanol–water partition coefficient (Wildman–Crippen LogP) is 3.24. The minimum absolute atomic E-state index is 0.00194. The minimum atomic E-state index is -0.213. The normalized spacial score (nSPS) is 35.2. The Labute approximate surface area is 110 Å². The fraction of sp³-hybridized carbons (Fsp3) is 0.636. The van der Waals surface area contributed by atoms with Crippen LogP contribution >= 0.6 is 34.5 Å². The summed E-state index contributed by atoms with van der Waals surface area (Å²) in [5, 5.41) is 2.10. The van der Waals surface area contributed by atoms with E-state index >= 15 is 0 Å². The summed E-state index contributed by atoms with van der Waals surface area (Å²) < 4.78 is 6.20. The third kappa shape index (κ3) is 2.54. The van der Waals surface area contributed by atoms with Crippen molar-refractivity contribution >= 4 is 34.5 Å². The molecule has 1 saturated heterocycles. The standard InChI is InChI=1S/C11H16Cl2NOS/c1-2-14(6-9-4-3-5-16-9)7-11(13)15-8-10(14)12/h3-5,10-11H,2,6-8H2,1H3/q+1. The molecule has 16 heavy (non-hydrogen) atoms. The molecular formula is C11H16Cl2NOS+. The molecule has 1 aliphatic rings. The van der Waals surface area contributed by atoms with E-state index < -0.39 is 0 Å². The second-order valence-electron chi connectivity index (χ2n) is 4.13. The average molecular weight is 281 g/mol. The van der Waals surface area contributed by atoms with Crippen molar-refractivity contribution in [3.8, 4) is 0 Å². The molecule has 0 bridgehead atoms. The van der Waals surface area contributed by atoms with E-state index in [9.17, 15) is 0 Å². The molecule has 2 nitrogen and oxygen atoms in total. The fourth-order valence-electron chi connectivity index (χ4n) is 2.11. The molecule has 3 atom stereocenters. The van der Waals surface area contributed by atoms with Gasteiger partial charge in [0.2, 0.25) is 0 Å². The van der Waals surface area contributed by atoms with Crippen LogP contribution < -0.4 is 0 Å². The molecule has 1 fully saturated rings. The van der Waals surface area contributed by atoms with Gasteiger partial charge < -0.3 is 4.74 Å². The molecule has 3 unspecified atom stereocenters. The number of quaternary nitrogens is 1. The number of hydrogen-bond donors (Lipinski definition) is 0. The molecule has 0 N–H and O–H groups in total. The summed E-state index contributed by atoms with van der Waals surface area (Å²) >= 11 is 14.3. The van der Waals surface area contributed by atoms with E-state index in [-0.39, 0.29) is 11.1 Å². The number of likely N-dealkylation sites (N-methyl/N-ethyl adjacent to an activating group) is 1. The number of alkyl halides is 2. The van der Waals surface area contributed by atoms with Crippen LogP contribution in [0.4, 0.5) is 0 Å². The van der Waals surface area contributed by atoms with Crippen LogP contribution in [-0.4, -0.2) is 35.2 Å². The van der Waals surface area contributed by atoms with E-state index in [4.69, 9.17) is 27.9 Å². The highest BCUT2D eigenvalue weighted by Gasteiger charge is 2.41. The van der Waals surface area contributed by atoms with Gasteiger partial charge in [0.25, 0.3) is 0 Å². The number of morpholine rings is 1. The highest BCUT2D eigenvalue weighted by molar-refractivity contribution is 7.09. The first-order valence-corrected chi connectivity index (χ1v) is 7.19. The smallest absolute Gasteiger partial charge is 0.188 e. The Bertz CT molecular complexity index is 333. The van der Waals surface area contributed by atoms with Gasteiger partial charge in [-0.15, -0.1) is 11.3 Å². The molecule has 0 saturated carbocycles. The maximum absolute atomic E-state index is 6.41. The summed E-state index contributed by atoms with van der Waals surface area (Å²) in [5.41, 5.74) is -0.211. The van der Waals surface area contributed by atoms with Crippen molar-refractivity contribution in [3.63, 3.8) is 0 Å². The molecule has 1 aliphatic heterocycles. The van der Waals surface area contributed by atoms with Gasteiger partial charge in [0.05, 0.1) is 11.4 Å². The lowest BCUT2D eigenvalue weighted by atomic mass is 10.2. The van der Waals surface area contributed by atoms with Gasteiger partial charge in [0.1, 0.15) is 19.7 Å². The number of rotatable bonds is 3. The highest BCUT2D eigenvalue weighted by Crippen LogP contribution is 2.30. The van der Waals surface area contributed by atoms with E-state index in [2.05, 4.69) is 24.4 Å². The molecule has 0 amide bonds. The van der Waals surface area contributed by atoms with Gasteiger partial charge in [-0.3, -0.25) is 4.48 Å². The van der Waals surface area contributed by atoms with Crippen LogP contribution in [0.3, 0.4) is 0 Å². The van der Waals surface area contributed by atoms with Gasteiger partial charge in [-0.2, -0.15) is 0 Å². The zero-order valence-electron chi connectivity index (χ0n) is 9.23. The van der Waals surface area contributed by atoms with Crippen molar-refractivity contribution < 1.29 is 9.22 Å². The van der Waals surface area contributed by atoms with Crippen molar-refractivity contribution in [1.29, 1.82) is 0 Å². The largest absolute Gasteiger partial charge is 0.349 e. The Morgan fingerprint density at radius 2 is 2.38 bits per heavy atom. The van der Waals surface area contributed by atoms with Gasteiger partial charge >= 0.3 is 0 Å². The first kappa shape index (κ1) is 12.7. The van der Waals surface area contributed by atoms with Crippen LogP contribution in [0.5, 0.6) is 0 Å². The number of hydrogen-bond acceptors (Lipinski definition) is 2. The van der Waals surface area contributed by atoms with Gasteiger partial charge in [-0.25, -0.2) is 0 Å². The summed E-state index contributed by atoms with van der Waals surface area (Å²) in [5.74, 6) is 0. The quantitative estimate of drug-likeness (QED) is 0.469. The average Bonchev–Trinajstić information content (AvgIpc) is 2.76. The Morgan fingerprint density at radius 1 is 1.56 bits per heavy atom. The summed E-state index contributed by atoms with van der Waals surface area (Å²) in [6.45, 7) is 5.42. The van der Waals surface area contributed by atoms with Crippen molar-refractivity contribution in [2.24, 2.45) is 0 Å². The molecule has 5 heteroatoms. The topological polar surface area (TPSA) is 9.23 Å². The molecule has 0 spiro atoms. The maximum atomic E-state index is 6.41. The molecule has 2 rings (SSSR count). The van der Waals surface area contributed by atoms with Crippen LogP contribution in [0.15, 0.2) is 17.5 Å². The van der Waals surface area contributed by atoms with E-state index in [0.717, 1.165) is 24.1 Å². The Balaban J connectivity index is 2.16. The van der Waals surface area contributed by atoms with Gasteiger partial charge in [0, 0.05) is 0 Å². The zero-order valence-corrected chi connectivity index (χ0v) is 11.6. The van der Waals surface area contributed by atoms with Crippen LogP contribution in [0.2, 0.25) is 0 Å². The number of thiophene rings is 1. The van der Waals surface area contributed by atoms with Crippen LogP contribution in [0.1, 0.15) is 11.8 Å². The van der Waals surface area contributed by atoms with E-state index in [1.165, 1.54) is 4.88 Å². The lowest BCUT2D eigenvalue weighted by Gasteiger charge is -2.45. The van der Waals surface area contributed by atoms with Gasteiger partial charge in [-0.1, -0.05) is 29.3 Å². The first-order chi connectivity index (χ1) is 7.66. The van der Waals surface area contributed by atoms with Gasteiger partial charge in [-0.05, 0) is 18.4 Å². The Hall–Kier alpha value is 0.200. The minimum Gasteiger partial charge on any atom is -0.349 e. The molecule has 1 aromatic heterocycles. The molecule has 1 aromatic rings. The predicted molar refractivity (Wildman–Crippen MR) is 68.9 cm³/mol. The van der Waals surface area contributed by atoms with Crippen LogP contribution in [-0.2, 0) is 11.3 Å². The molecule has 90 valence electrons. The van der Waals surface area contributed by atoms with E-state index in [1.807, 2.05) is 0 Å². The third-order valence-electron chi connectivity index (χ3n) is 3.20. The zero-order chi connectivity index (χ0) is 11.6. The monoisotopic (exact) mass is 280 g/mol. The number of halogens is 2. The maximum Gasteiger partial charge on any atom is 0.188 e. The molecule has 0 aliphatic carbocycles. The third-order valence-corrected chi connectivity index (χ3v) is 4.86. The highest BCUT2D eigenvalue weighted by atomic mass is 35.5. The molecule has 2 heterocycles. The van der Waals surface area contributed by atoms with Crippen molar-refractivity contribution in [2.45, 2.75) is 24.5 Å². The van der Waals surface area contributed by atoms with Gasteiger partial charge in [0.15, 0.2) is 11.1 Å². The number of ether oxygens (including phenoxy) is 1. The van der Waals surface area contributed by atoms with Crippen LogP contribution in [0, 0.1) is 0 Å². The summed E-state index contributed by atoms with van der Waals surface area (Å²) in [6, 6.07) is 4.23. The fourth-order valence-corrected chi connectivity index (χ4v) is 3.64. The lowest BCUT2D eigenvalue weighted by Crippen LogP contribution is -2.60. The Kier molecular flexibility index (Phi) is 4.14. The summed E-state index contributed by atoms with van der Waals surface area (Å²) in [4.78, 5) is 1.36. The van der Waals surface area contributed by atoms with Crippen molar-refractivity contribution in [2.75, 3.05) is 19.7 Å². The van der Waals surface area contributed by atoms with Crippen molar-refractivity contribution in [1.82, 2.24) is 0 Å². The summed E-state index contributed by atoms with van der Waals surface area (Å²) in [7, 11) is 0. The van der Waals surface area contributed by atoms with Crippen LogP contribution in [0.25, 0.3) is 0 Å². The Morgan fingerprint density at radius 3 is 3.00 bits per heavy atom.